The summed E-state index contributed by atoms with van der Waals surface area (Å²) in [7, 11) is 1.11. The minimum atomic E-state index is -4.83. The summed E-state index contributed by atoms with van der Waals surface area (Å²) >= 11 is 5.85. The van der Waals surface area contributed by atoms with Gasteiger partial charge in [-0.1, -0.05) is 35.9 Å². The van der Waals surface area contributed by atoms with Gasteiger partial charge in [0.25, 0.3) is 5.91 Å². The third-order valence-electron chi connectivity index (χ3n) is 4.70. The molecular formula is C21H18ClF3N4O3. The van der Waals surface area contributed by atoms with E-state index in [0.717, 1.165) is 7.05 Å². The van der Waals surface area contributed by atoms with Crippen LogP contribution < -0.4 is 11.1 Å². The van der Waals surface area contributed by atoms with Crippen molar-refractivity contribution in [2.24, 2.45) is 12.8 Å². The van der Waals surface area contributed by atoms with Crippen molar-refractivity contribution in [3.8, 4) is 0 Å². The van der Waals surface area contributed by atoms with E-state index in [0.29, 0.717) is 20.8 Å². The van der Waals surface area contributed by atoms with Gasteiger partial charge in [0.2, 0.25) is 0 Å². The van der Waals surface area contributed by atoms with Crippen LogP contribution in [0.4, 0.5) is 13.2 Å². The normalized spacial score (nSPS) is 12.4. The highest BCUT2D eigenvalue weighted by molar-refractivity contribution is 6.30. The Morgan fingerprint density at radius 1 is 1.16 bits per heavy atom. The molecule has 1 heterocycles. The standard InChI is InChI=1S/C21H18ClF3N4O3/c1-29-17(21(23,24)25)16(15(28-29)10-11-2-8-14(22)9-3-11)19(30)27-18(26)12-4-6-13(7-5-12)20(31)32/h2-9,18H,10,26H2,1H3,(H,27,30)(H,31,32)/t18-/m0/s1. The van der Waals surface area contributed by atoms with E-state index in [1.165, 1.54) is 24.3 Å². The number of benzene rings is 2. The molecule has 0 saturated heterocycles. The predicted molar refractivity (Wildman–Crippen MR) is 110 cm³/mol. The van der Waals surface area contributed by atoms with E-state index in [9.17, 15) is 22.8 Å². The fourth-order valence-electron chi connectivity index (χ4n) is 3.19. The second-order valence-corrected chi connectivity index (χ2v) is 7.41. The molecule has 0 unspecified atom stereocenters. The molecule has 1 amide bonds. The van der Waals surface area contributed by atoms with Crippen molar-refractivity contribution >= 4 is 23.5 Å². The van der Waals surface area contributed by atoms with Gasteiger partial charge in [0.15, 0.2) is 5.69 Å². The summed E-state index contributed by atoms with van der Waals surface area (Å²) in [6, 6.07) is 11.7. The van der Waals surface area contributed by atoms with E-state index < -0.39 is 35.5 Å². The monoisotopic (exact) mass is 466 g/mol. The number of carboxylic acid groups (broad SMARTS) is 1. The molecule has 3 aromatic rings. The molecule has 7 nitrogen and oxygen atoms in total. The molecule has 0 spiro atoms. The Bertz CT molecular complexity index is 1140. The summed E-state index contributed by atoms with van der Waals surface area (Å²) in [4.78, 5) is 23.9. The lowest BCUT2D eigenvalue weighted by molar-refractivity contribution is -0.144. The van der Waals surface area contributed by atoms with Crippen molar-refractivity contribution in [2.45, 2.75) is 18.8 Å². The molecule has 0 bridgehead atoms. The first-order valence-corrected chi connectivity index (χ1v) is 9.62. The van der Waals surface area contributed by atoms with Crippen molar-refractivity contribution in [1.82, 2.24) is 15.1 Å². The summed E-state index contributed by atoms with van der Waals surface area (Å²) in [5, 5.41) is 15.7. The average molecular weight is 467 g/mol. The van der Waals surface area contributed by atoms with E-state index in [1.54, 1.807) is 24.3 Å². The maximum atomic E-state index is 13.7. The second kappa shape index (κ2) is 9.01. The molecule has 11 heteroatoms. The molecule has 0 radical (unpaired) electrons. The lowest BCUT2D eigenvalue weighted by Gasteiger charge is -2.16. The molecular weight excluding hydrogens is 449 g/mol. The SMILES string of the molecule is Cn1nc(Cc2ccc(Cl)cc2)c(C(=O)N[C@H](N)c2ccc(C(=O)O)cc2)c1C(F)(F)F. The molecule has 0 fully saturated rings. The summed E-state index contributed by atoms with van der Waals surface area (Å²) < 4.78 is 41.7. The van der Waals surface area contributed by atoms with Crippen LogP contribution in [-0.2, 0) is 19.6 Å². The Balaban J connectivity index is 1.93. The zero-order valence-corrected chi connectivity index (χ0v) is 17.4. The Morgan fingerprint density at radius 3 is 2.28 bits per heavy atom. The van der Waals surface area contributed by atoms with Crippen LogP contribution in [0.25, 0.3) is 0 Å². The van der Waals surface area contributed by atoms with Gasteiger partial charge in [-0.05, 0) is 35.4 Å². The highest BCUT2D eigenvalue weighted by Gasteiger charge is 2.41. The van der Waals surface area contributed by atoms with Gasteiger partial charge in [0, 0.05) is 18.5 Å². The van der Waals surface area contributed by atoms with Gasteiger partial charge < -0.3 is 16.2 Å². The van der Waals surface area contributed by atoms with Gasteiger partial charge in [0.1, 0.15) is 6.17 Å². The first-order valence-electron chi connectivity index (χ1n) is 9.24. The van der Waals surface area contributed by atoms with E-state index in [4.69, 9.17) is 22.4 Å². The Labute approximate surface area is 185 Å². The van der Waals surface area contributed by atoms with Gasteiger partial charge >= 0.3 is 12.1 Å². The van der Waals surface area contributed by atoms with E-state index in [1.807, 2.05) is 0 Å². The molecule has 0 aliphatic carbocycles. The smallest absolute Gasteiger partial charge is 0.433 e. The number of rotatable bonds is 6. The van der Waals surface area contributed by atoms with Gasteiger partial charge in [-0.3, -0.25) is 9.48 Å². The molecule has 1 atom stereocenters. The van der Waals surface area contributed by atoms with Crippen LogP contribution in [0, 0.1) is 0 Å². The fraction of sp³-hybridized carbons (Fsp3) is 0.190. The number of carboxylic acids is 1. The maximum Gasteiger partial charge on any atom is 0.433 e. The number of amides is 1. The summed E-state index contributed by atoms with van der Waals surface area (Å²) in [5.41, 5.74) is 4.97. The lowest BCUT2D eigenvalue weighted by Crippen LogP contribution is -2.35. The minimum Gasteiger partial charge on any atom is -0.478 e. The molecule has 0 aliphatic rings. The minimum absolute atomic E-state index is 0.00384. The van der Waals surface area contributed by atoms with Gasteiger partial charge in [-0.15, -0.1) is 0 Å². The summed E-state index contributed by atoms with van der Waals surface area (Å²) in [6.07, 6.45) is -6.04. The van der Waals surface area contributed by atoms with Crippen LogP contribution in [0.2, 0.25) is 5.02 Å². The molecule has 0 saturated carbocycles. The van der Waals surface area contributed by atoms with Gasteiger partial charge in [0.05, 0.1) is 16.8 Å². The zero-order chi connectivity index (χ0) is 23.6. The number of halogens is 4. The molecule has 0 aliphatic heterocycles. The second-order valence-electron chi connectivity index (χ2n) is 6.97. The molecule has 32 heavy (non-hydrogen) atoms. The van der Waals surface area contributed by atoms with Crippen LogP contribution in [-0.4, -0.2) is 26.8 Å². The van der Waals surface area contributed by atoms with Crippen LogP contribution in [0.1, 0.15) is 49.4 Å². The Hall–Kier alpha value is -3.37. The molecule has 3 rings (SSSR count). The maximum absolute atomic E-state index is 13.7. The summed E-state index contributed by atoms with van der Waals surface area (Å²) in [5.74, 6) is -2.20. The van der Waals surface area contributed by atoms with Crippen LogP contribution in [0.15, 0.2) is 48.5 Å². The van der Waals surface area contributed by atoms with E-state index in [-0.39, 0.29) is 17.7 Å². The van der Waals surface area contributed by atoms with Gasteiger partial charge in [-0.2, -0.15) is 18.3 Å². The van der Waals surface area contributed by atoms with Crippen LogP contribution in [0.3, 0.4) is 0 Å². The number of aromatic carboxylic acids is 1. The molecule has 1 aromatic heterocycles. The first-order chi connectivity index (χ1) is 15.0. The van der Waals surface area contributed by atoms with Crippen molar-refractivity contribution < 1.29 is 27.9 Å². The number of nitrogens with zero attached hydrogens (tertiary/aromatic N) is 2. The van der Waals surface area contributed by atoms with Crippen molar-refractivity contribution in [3.05, 3.63) is 87.2 Å². The number of hydrogen-bond donors (Lipinski definition) is 3. The number of carbonyl (C=O) groups is 2. The fourth-order valence-corrected chi connectivity index (χ4v) is 3.32. The van der Waals surface area contributed by atoms with E-state index >= 15 is 0 Å². The number of hydrogen-bond acceptors (Lipinski definition) is 4. The zero-order valence-electron chi connectivity index (χ0n) is 16.7. The highest BCUT2D eigenvalue weighted by Crippen LogP contribution is 2.34. The number of alkyl halides is 3. The largest absolute Gasteiger partial charge is 0.478 e. The third-order valence-corrected chi connectivity index (χ3v) is 4.96. The molecule has 4 N–H and O–H groups in total. The Morgan fingerprint density at radius 2 is 1.75 bits per heavy atom. The van der Waals surface area contributed by atoms with Crippen molar-refractivity contribution in [2.75, 3.05) is 0 Å². The van der Waals surface area contributed by atoms with Crippen LogP contribution >= 0.6 is 11.6 Å². The number of aromatic nitrogens is 2. The molecule has 168 valence electrons. The number of carbonyl (C=O) groups excluding carboxylic acids is 1. The van der Waals surface area contributed by atoms with Crippen molar-refractivity contribution in [1.29, 1.82) is 0 Å². The van der Waals surface area contributed by atoms with Crippen LogP contribution in [0.5, 0.6) is 0 Å². The van der Waals surface area contributed by atoms with Crippen molar-refractivity contribution in [3.63, 3.8) is 0 Å². The summed E-state index contributed by atoms with van der Waals surface area (Å²) in [6.45, 7) is 0. The third kappa shape index (κ3) is 5.09. The first kappa shape index (κ1) is 23.3. The van der Waals surface area contributed by atoms with Gasteiger partial charge in [-0.25, -0.2) is 4.79 Å². The predicted octanol–water partition coefficient (Wildman–Crippen LogP) is 3.77. The highest BCUT2D eigenvalue weighted by atomic mass is 35.5. The lowest BCUT2D eigenvalue weighted by atomic mass is 10.0. The number of nitrogens with one attached hydrogen (secondary N) is 1. The van der Waals surface area contributed by atoms with E-state index in [2.05, 4.69) is 10.4 Å². The number of nitrogens with two attached hydrogens (primary N) is 1. The molecule has 2 aromatic carbocycles. The average Bonchev–Trinajstić information content (AvgIpc) is 3.06. The quantitative estimate of drug-likeness (QED) is 0.479. The topological polar surface area (TPSA) is 110 Å². The number of aryl methyl sites for hydroxylation is 1. The Kier molecular flexibility index (Phi) is 6.56.